The lowest BCUT2D eigenvalue weighted by atomic mass is 9.98. The number of para-hydroxylation sites is 1. The number of hydrogen-bond acceptors (Lipinski definition) is 6. The highest BCUT2D eigenvalue weighted by atomic mass is 16.5. The van der Waals surface area contributed by atoms with Gasteiger partial charge in [-0.25, -0.2) is 10.3 Å². The molecule has 218 valence electrons. The van der Waals surface area contributed by atoms with E-state index in [0.29, 0.717) is 25.8 Å². The first-order chi connectivity index (χ1) is 20.0. The van der Waals surface area contributed by atoms with Crippen LogP contribution in [0.25, 0.3) is 10.9 Å². The van der Waals surface area contributed by atoms with Crippen LogP contribution in [0.4, 0.5) is 0 Å². The highest BCUT2D eigenvalue weighted by Crippen LogP contribution is 2.36. The molecule has 2 atom stereocenters. The van der Waals surface area contributed by atoms with Crippen LogP contribution in [0.1, 0.15) is 93.2 Å². The van der Waals surface area contributed by atoms with E-state index >= 15 is 0 Å². The van der Waals surface area contributed by atoms with Crippen LogP contribution < -0.4 is 10.8 Å². The maximum atomic E-state index is 13.6. The average Bonchev–Trinajstić information content (AvgIpc) is 3.65. The third kappa shape index (κ3) is 6.97. The van der Waals surface area contributed by atoms with Gasteiger partial charge in [0.15, 0.2) is 0 Å². The molecular formula is C32H40N4O5. The third-order valence-corrected chi connectivity index (χ3v) is 8.30. The van der Waals surface area contributed by atoms with Crippen LogP contribution in [-0.4, -0.2) is 45.5 Å². The van der Waals surface area contributed by atoms with Gasteiger partial charge in [-0.05, 0) is 62.1 Å². The Kier molecular flexibility index (Phi) is 9.69. The molecule has 0 radical (unpaired) electrons. The van der Waals surface area contributed by atoms with Crippen molar-refractivity contribution < 1.29 is 24.3 Å². The zero-order valence-corrected chi connectivity index (χ0v) is 23.4. The van der Waals surface area contributed by atoms with E-state index in [1.807, 2.05) is 53.4 Å². The number of rotatable bonds is 12. The van der Waals surface area contributed by atoms with E-state index in [1.165, 1.54) is 5.56 Å². The Morgan fingerprint density at radius 3 is 2.41 bits per heavy atom. The lowest BCUT2D eigenvalue weighted by Gasteiger charge is -2.38. The Morgan fingerprint density at radius 1 is 0.951 bits per heavy atom. The number of hydroxylamine groups is 1. The fourth-order valence-electron chi connectivity index (χ4n) is 6.14. The minimum absolute atomic E-state index is 0.0240. The molecule has 1 aromatic heterocycles. The fraction of sp³-hybridized carbons (Fsp3) is 0.469. The Labute approximate surface area is 240 Å². The van der Waals surface area contributed by atoms with Crippen LogP contribution >= 0.6 is 0 Å². The lowest BCUT2D eigenvalue weighted by Crippen LogP contribution is -2.49. The van der Waals surface area contributed by atoms with Crippen LogP contribution in [-0.2, 0) is 25.5 Å². The van der Waals surface area contributed by atoms with Crippen molar-refractivity contribution in [1.29, 1.82) is 0 Å². The molecule has 41 heavy (non-hydrogen) atoms. The second-order valence-corrected chi connectivity index (χ2v) is 11.1. The molecule has 2 heterocycles. The highest BCUT2D eigenvalue weighted by molar-refractivity contribution is 5.86. The number of nitrogens with one attached hydrogen (secondary N) is 3. The predicted octanol–water partition coefficient (Wildman–Crippen LogP) is 5.21. The van der Waals surface area contributed by atoms with E-state index in [4.69, 9.17) is 9.94 Å². The molecule has 1 aliphatic heterocycles. The van der Waals surface area contributed by atoms with Gasteiger partial charge in [0.25, 0.3) is 0 Å². The molecule has 0 spiro atoms. The smallest absolute Gasteiger partial charge is 0.328 e. The number of unbranched alkanes of at least 4 members (excludes halogenated alkanes) is 3. The van der Waals surface area contributed by atoms with Gasteiger partial charge in [0.2, 0.25) is 11.8 Å². The second-order valence-electron chi connectivity index (χ2n) is 11.1. The summed E-state index contributed by atoms with van der Waals surface area (Å²) in [4.78, 5) is 43.9. The summed E-state index contributed by atoms with van der Waals surface area (Å²) < 4.78 is 5.98. The summed E-state index contributed by atoms with van der Waals surface area (Å²) >= 11 is 0. The van der Waals surface area contributed by atoms with Gasteiger partial charge in [-0.15, -0.1) is 0 Å². The number of amides is 2. The number of hydrogen-bond donors (Lipinski definition) is 4. The molecule has 1 unspecified atom stereocenters. The van der Waals surface area contributed by atoms with Gasteiger partial charge in [0.1, 0.15) is 18.3 Å². The van der Waals surface area contributed by atoms with Crippen molar-refractivity contribution in [2.75, 3.05) is 6.54 Å². The summed E-state index contributed by atoms with van der Waals surface area (Å²) in [6.07, 6.45) is 7.68. The first-order valence-electron chi connectivity index (χ1n) is 14.9. The summed E-state index contributed by atoms with van der Waals surface area (Å²) in [7, 11) is 0. The minimum Gasteiger partial charge on any atom is -0.461 e. The van der Waals surface area contributed by atoms with Gasteiger partial charge in [-0.1, -0.05) is 61.4 Å². The van der Waals surface area contributed by atoms with Crippen molar-refractivity contribution in [3.05, 3.63) is 71.4 Å². The molecule has 5 rings (SSSR count). The van der Waals surface area contributed by atoms with Crippen LogP contribution in [0.15, 0.2) is 54.6 Å². The third-order valence-electron chi connectivity index (χ3n) is 8.30. The number of fused-ring (bicyclic) bond motifs is 3. The van der Waals surface area contributed by atoms with Gasteiger partial charge in [-0.3, -0.25) is 20.1 Å². The number of H-pyrrole nitrogens is 1. The van der Waals surface area contributed by atoms with Crippen molar-refractivity contribution in [2.45, 2.75) is 88.9 Å². The number of carbonyl (C=O) groups is 3. The quantitative estimate of drug-likeness (QED) is 0.104. The number of nitrogens with zero attached hydrogens (tertiary/aromatic N) is 1. The molecule has 4 N–H and O–H groups in total. The summed E-state index contributed by atoms with van der Waals surface area (Å²) in [5.74, 6) is -0.682. The van der Waals surface area contributed by atoms with Gasteiger partial charge in [0.05, 0.1) is 5.69 Å². The molecule has 2 aromatic carbocycles. The van der Waals surface area contributed by atoms with E-state index in [-0.39, 0.29) is 24.4 Å². The van der Waals surface area contributed by atoms with Crippen LogP contribution in [0.2, 0.25) is 0 Å². The van der Waals surface area contributed by atoms with Gasteiger partial charge < -0.3 is 14.6 Å². The molecule has 2 amide bonds. The monoisotopic (exact) mass is 560 g/mol. The standard InChI is InChI=1S/C32H40N4O5/c37-27(35-40)18-6-1-2-7-19-28(38)36-21-20-25-24-16-10-11-17-26(24)33-30(25)31(36)34-29(22-12-4-3-5-13-22)32(39)41-23-14-8-9-15-23/h3-5,10-13,16-17,23,29,31,33-34,40H,1-2,6-9,14-15,18-21H2,(H,35,37)/t29-,31?/m0/s1. The van der Waals surface area contributed by atoms with E-state index in [9.17, 15) is 14.4 Å². The lowest BCUT2D eigenvalue weighted by molar-refractivity contribution is -0.153. The second kappa shape index (κ2) is 13.8. The number of ether oxygens (including phenoxy) is 1. The number of carbonyl (C=O) groups excluding carboxylic acids is 3. The molecule has 3 aromatic rings. The Morgan fingerprint density at radius 2 is 1.66 bits per heavy atom. The molecule has 2 aliphatic rings. The number of esters is 1. The van der Waals surface area contributed by atoms with Gasteiger partial charge in [-0.2, -0.15) is 0 Å². The van der Waals surface area contributed by atoms with E-state index in [0.717, 1.165) is 67.1 Å². The fourth-order valence-corrected chi connectivity index (χ4v) is 6.14. The molecule has 9 nitrogen and oxygen atoms in total. The average molecular weight is 561 g/mol. The predicted molar refractivity (Wildman–Crippen MR) is 155 cm³/mol. The van der Waals surface area contributed by atoms with Crippen molar-refractivity contribution in [1.82, 2.24) is 20.7 Å². The number of aromatic amines is 1. The molecule has 1 saturated carbocycles. The van der Waals surface area contributed by atoms with Crippen molar-refractivity contribution >= 4 is 28.7 Å². The summed E-state index contributed by atoms with van der Waals surface area (Å²) in [6.45, 7) is 0.543. The minimum atomic E-state index is -0.730. The van der Waals surface area contributed by atoms with Crippen molar-refractivity contribution in [3.63, 3.8) is 0 Å². The Bertz CT molecular complexity index is 1330. The molecular weight excluding hydrogens is 520 g/mol. The first kappa shape index (κ1) is 28.8. The summed E-state index contributed by atoms with van der Waals surface area (Å²) in [6, 6.07) is 17.0. The van der Waals surface area contributed by atoms with Crippen LogP contribution in [0, 0.1) is 0 Å². The van der Waals surface area contributed by atoms with Gasteiger partial charge >= 0.3 is 5.97 Å². The summed E-state index contributed by atoms with van der Waals surface area (Å²) in [5.41, 5.74) is 5.54. The summed E-state index contributed by atoms with van der Waals surface area (Å²) in [5, 5.41) is 13.3. The normalized spacial score (nSPS) is 17.8. The van der Waals surface area contributed by atoms with E-state index in [1.54, 1.807) is 5.48 Å². The Hall–Kier alpha value is -3.69. The molecule has 0 saturated heterocycles. The number of benzene rings is 2. The van der Waals surface area contributed by atoms with Gasteiger partial charge in [0, 0.05) is 30.3 Å². The maximum Gasteiger partial charge on any atom is 0.328 e. The van der Waals surface area contributed by atoms with Crippen LogP contribution in [0.5, 0.6) is 0 Å². The Balaban J connectivity index is 1.37. The maximum absolute atomic E-state index is 13.6. The van der Waals surface area contributed by atoms with Crippen LogP contribution in [0.3, 0.4) is 0 Å². The van der Waals surface area contributed by atoms with Crippen molar-refractivity contribution in [3.8, 4) is 0 Å². The molecule has 1 fully saturated rings. The molecule has 9 heteroatoms. The number of aromatic nitrogens is 1. The zero-order valence-electron chi connectivity index (χ0n) is 23.4. The largest absolute Gasteiger partial charge is 0.461 e. The molecule has 0 bridgehead atoms. The highest BCUT2D eigenvalue weighted by Gasteiger charge is 2.37. The zero-order chi connectivity index (χ0) is 28.6. The van der Waals surface area contributed by atoms with E-state index in [2.05, 4.69) is 16.4 Å². The first-order valence-corrected chi connectivity index (χ1v) is 14.9. The van der Waals surface area contributed by atoms with E-state index < -0.39 is 18.1 Å². The van der Waals surface area contributed by atoms with Crippen molar-refractivity contribution in [2.24, 2.45) is 0 Å². The topological polar surface area (TPSA) is 124 Å². The molecule has 1 aliphatic carbocycles. The SMILES string of the molecule is O=C(CCCCCCC(=O)N1CCc2c([nH]c3ccccc23)C1N[C@H](C(=O)OC1CCCC1)c1ccccc1)NO.